The van der Waals surface area contributed by atoms with Crippen LogP contribution in [-0.4, -0.2) is 0 Å². The van der Waals surface area contributed by atoms with Gasteiger partial charge >= 0.3 is 0 Å². The van der Waals surface area contributed by atoms with Crippen LogP contribution in [0.4, 0.5) is 0 Å². The van der Waals surface area contributed by atoms with E-state index in [0.29, 0.717) is 0 Å². The van der Waals surface area contributed by atoms with Crippen LogP contribution in [0.15, 0.2) is 0 Å². The van der Waals surface area contributed by atoms with E-state index >= 15 is 0 Å². The molecular formula is C15H29. The van der Waals surface area contributed by atoms with Crippen LogP contribution in [0, 0.1) is 23.7 Å². The summed E-state index contributed by atoms with van der Waals surface area (Å²) in [7, 11) is 0. The van der Waals surface area contributed by atoms with Gasteiger partial charge in [0.25, 0.3) is 0 Å². The van der Waals surface area contributed by atoms with Crippen molar-refractivity contribution in [3.63, 3.8) is 0 Å². The van der Waals surface area contributed by atoms with E-state index in [1.54, 1.807) is 0 Å². The Balaban J connectivity index is 2.35. The van der Waals surface area contributed by atoms with Crippen LogP contribution in [-0.2, 0) is 0 Å². The molecule has 3 unspecified atom stereocenters. The molecule has 1 rings (SSSR count). The maximum absolute atomic E-state index is 2.42. The summed E-state index contributed by atoms with van der Waals surface area (Å²) in [5, 5.41) is 0. The molecule has 0 amide bonds. The average molecular weight is 209 g/mol. The number of hydrogen-bond donors (Lipinski definition) is 0. The lowest BCUT2D eigenvalue weighted by atomic mass is 9.81. The molecule has 0 heteroatoms. The van der Waals surface area contributed by atoms with E-state index in [1.165, 1.54) is 44.9 Å². The maximum atomic E-state index is 2.42. The highest BCUT2D eigenvalue weighted by Crippen LogP contribution is 2.42. The Bertz CT molecular complexity index is 143. The van der Waals surface area contributed by atoms with E-state index in [2.05, 4.69) is 27.7 Å². The summed E-state index contributed by atoms with van der Waals surface area (Å²) in [6.45, 7) is 9.47. The molecule has 1 radical (unpaired) electrons. The SMILES string of the molecule is CCC(C)C[C]1CCCC1CC(C)CC. The lowest BCUT2D eigenvalue weighted by Crippen LogP contribution is -2.12. The Hall–Kier alpha value is 0. The lowest BCUT2D eigenvalue weighted by molar-refractivity contribution is 0.376. The van der Waals surface area contributed by atoms with E-state index in [1.807, 2.05) is 5.92 Å². The molecule has 1 aliphatic carbocycles. The standard InChI is InChI=1S/C15H29/c1-5-12(3)10-14-8-7-9-15(14)11-13(4)6-2/h12-14H,5-11H2,1-4H3. The number of hydrogen-bond acceptors (Lipinski definition) is 0. The van der Waals surface area contributed by atoms with Crippen molar-refractivity contribution in [2.45, 2.75) is 72.6 Å². The first-order valence-electron chi connectivity index (χ1n) is 7.01. The molecule has 0 aromatic carbocycles. The van der Waals surface area contributed by atoms with E-state index in [4.69, 9.17) is 0 Å². The second-order valence-corrected chi connectivity index (χ2v) is 5.71. The molecule has 15 heavy (non-hydrogen) atoms. The molecular weight excluding hydrogens is 180 g/mol. The van der Waals surface area contributed by atoms with Gasteiger partial charge in [-0.1, -0.05) is 47.0 Å². The summed E-state index contributed by atoms with van der Waals surface area (Å²) in [5.74, 6) is 4.73. The van der Waals surface area contributed by atoms with Gasteiger partial charge in [0.15, 0.2) is 0 Å². The molecule has 0 saturated heterocycles. The van der Waals surface area contributed by atoms with Crippen LogP contribution in [0.25, 0.3) is 0 Å². The van der Waals surface area contributed by atoms with Crippen molar-refractivity contribution in [2.75, 3.05) is 0 Å². The van der Waals surface area contributed by atoms with Crippen LogP contribution in [0.3, 0.4) is 0 Å². The molecule has 0 heterocycles. The molecule has 0 aromatic heterocycles. The minimum Gasteiger partial charge on any atom is -0.0651 e. The maximum Gasteiger partial charge on any atom is -0.0207 e. The second kappa shape index (κ2) is 6.55. The van der Waals surface area contributed by atoms with Crippen molar-refractivity contribution in [3.05, 3.63) is 5.92 Å². The smallest absolute Gasteiger partial charge is 0.0207 e. The van der Waals surface area contributed by atoms with E-state index < -0.39 is 0 Å². The van der Waals surface area contributed by atoms with Crippen LogP contribution in [0.1, 0.15) is 72.6 Å². The zero-order chi connectivity index (χ0) is 11.3. The normalized spacial score (nSPS) is 26.8. The van der Waals surface area contributed by atoms with Crippen LogP contribution < -0.4 is 0 Å². The zero-order valence-electron chi connectivity index (χ0n) is 11.2. The molecule has 0 N–H and O–H groups in total. The van der Waals surface area contributed by atoms with Crippen molar-refractivity contribution in [1.29, 1.82) is 0 Å². The monoisotopic (exact) mass is 209 g/mol. The lowest BCUT2D eigenvalue weighted by Gasteiger charge is -2.24. The van der Waals surface area contributed by atoms with Gasteiger partial charge in [-0.2, -0.15) is 0 Å². The average Bonchev–Trinajstić information content (AvgIpc) is 2.65. The Morgan fingerprint density at radius 2 is 1.80 bits per heavy atom. The fraction of sp³-hybridized carbons (Fsp3) is 0.933. The van der Waals surface area contributed by atoms with Gasteiger partial charge in [-0.15, -0.1) is 0 Å². The van der Waals surface area contributed by atoms with Gasteiger partial charge in [0, 0.05) is 0 Å². The highest BCUT2D eigenvalue weighted by Gasteiger charge is 2.29. The quantitative estimate of drug-likeness (QED) is 0.561. The third-order valence-corrected chi connectivity index (χ3v) is 4.32. The third kappa shape index (κ3) is 4.17. The molecule has 89 valence electrons. The Kier molecular flexibility index (Phi) is 5.71. The first-order valence-corrected chi connectivity index (χ1v) is 7.01. The largest absolute Gasteiger partial charge is 0.0651 e. The highest BCUT2D eigenvalue weighted by atomic mass is 14.3. The van der Waals surface area contributed by atoms with Crippen molar-refractivity contribution < 1.29 is 0 Å². The second-order valence-electron chi connectivity index (χ2n) is 5.71. The van der Waals surface area contributed by atoms with E-state index in [-0.39, 0.29) is 0 Å². The molecule has 0 spiro atoms. The van der Waals surface area contributed by atoms with Crippen molar-refractivity contribution >= 4 is 0 Å². The molecule has 1 fully saturated rings. The zero-order valence-corrected chi connectivity index (χ0v) is 11.2. The van der Waals surface area contributed by atoms with Gasteiger partial charge in [0.05, 0.1) is 0 Å². The van der Waals surface area contributed by atoms with Crippen LogP contribution in [0.5, 0.6) is 0 Å². The summed E-state index contributed by atoms with van der Waals surface area (Å²) < 4.78 is 0. The minimum absolute atomic E-state index is 0.914. The Morgan fingerprint density at radius 3 is 2.40 bits per heavy atom. The summed E-state index contributed by atoms with van der Waals surface area (Å²) in [4.78, 5) is 0. The summed E-state index contributed by atoms with van der Waals surface area (Å²) >= 11 is 0. The molecule has 0 aliphatic heterocycles. The summed E-state index contributed by atoms with van der Waals surface area (Å²) in [6.07, 6.45) is 9.96. The fourth-order valence-corrected chi connectivity index (χ4v) is 2.78. The van der Waals surface area contributed by atoms with E-state index in [9.17, 15) is 0 Å². The Morgan fingerprint density at radius 1 is 1.13 bits per heavy atom. The van der Waals surface area contributed by atoms with Gasteiger partial charge < -0.3 is 0 Å². The first kappa shape index (κ1) is 13.1. The van der Waals surface area contributed by atoms with E-state index in [0.717, 1.165) is 17.8 Å². The third-order valence-electron chi connectivity index (χ3n) is 4.32. The van der Waals surface area contributed by atoms with Crippen molar-refractivity contribution in [3.8, 4) is 0 Å². The summed E-state index contributed by atoms with van der Waals surface area (Å²) in [5.41, 5.74) is 0. The van der Waals surface area contributed by atoms with Gasteiger partial charge in [-0.05, 0) is 49.4 Å². The number of rotatable bonds is 6. The molecule has 0 aromatic rings. The highest BCUT2D eigenvalue weighted by molar-refractivity contribution is 5.02. The molecule has 0 bridgehead atoms. The first-order chi connectivity index (χ1) is 7.17. The van der Waals surface area contributed by atoms with Gasteiger partial charge in [0.1, 0.15) is 0 Å². The fourth-order valence-electron chi connectivity index (χ4n) is 2.78. The molecule has 1 saturated carbocycles. The van der Waals surface area contributed by atoms with Gasteiger partial charge in [-0.3, -0.25) is 0 Å². The molecule has 3 atom stereocenters. The Labute approximate surface area is 96.8 Å². The molecule has 0 nitrogen and oxygen atoms in total. The predicted molar refractivity (Wildman–Crippen MR) is 68.7 cm³/mol. The van der Waals surface area contributed by atoms with Crippen molar-refractivity contribution in [2.24, 2.45) is 17.8 Å². The van der Waals surface area contributed by atoms with Crippen LogP contribution >= 0.6 is 0 Å². The van der Waals surface area contributed by atoms with Gasteiger partial charge in [-0.25, -0.2) is 0 Å². The van der Waals surface area contributed by atoms with Gasteiger partial charge in [0.2, 0.25) is 0 Å². The molecule has 1 aliphatic rings. The van der Waals surface area contributed by atoms with Crippen LogP contribution in [0.2, 0.25) is 0 Å². The van der Waals surface area contributed by atoms with Crippen molar-refractivity contribution in [1.82, 2.24) is 0 Å². The minimum atomic E-state index is 0.914. The summed E-state index contributed by atoms with van der Waals surface area (Å²) in [6, 6.07) is 0. The predicted octanol–water partition coefficient (Wildman–Crippen LogP) is 5.23. The topological polar surface area (TPSA) is 0 Å².